The van der Waals surface area contributed by atoms with Crippen LogP contribution in [0.4, 0.5) is 4.79 Å². The molecule has 1 saturated heterocycles. The monoisotopic (exact) mass is 720 g/mol. The van der Waals surface area contributed by atoms with E-state index in [2.05, 4.69) is 32.6 Å². The normalized spacial score (nSPS) is 23.1. The molecule has 1 aromatic heterocycles. The van der Waals surface area contributed by atoms with Gasteiger partial charge in [-0.15, -0.1) is 17.9 Å². The molecule has 6 atom stereocenters. The summed E-state index contributed by atoms with van der Waals surface area (Å²) in [5.41, 5.74) is -0.974. The fourth-order valence-corrected chi connectivity index (χ4v) is 8.79. The first-order valence-electron chi connectivity index (χ1n) is 16.9. The third-order valence-electron chi connectivity index (χ3n) is 10.1. The van der Waals surface area contributed by atoms with Gasteiger partial charge in [-0.2, -0.15) is 0 Å². The Morgan fingerprint density at radius 2 is 1.78 bits per heavy atom. The molecule has 5 amide bonds. The maximum Gasteiger partial charge on any atom is 0.315 e. The predicted octanol–water partition coefficient (Wildman–Crippen LogP) is 2.40. The second-order valence-corrected chi connectivity index (χ2v) is 18.5. The molecule has 0 bridgehead atoms. The molecule has 1 unspecified atom stereocenters. The van der Waals surface area contributed by atoms with Gasteiger partial charge >= 0.3 is 6.03 Å². The van der Waals surface area contributed by atoms with E-state index >= 15 is 0 Å². The first-order valence-corrected chi connectivity index (χ1v) is 19.3. The lowest BCUT2D eigenvalue weighted by Gasteiger charge is -2.38. The molecule has 3 aliphatic rings. The Hall–Kier alpha value is -3.30. The highest BCUT2D eigenvalue weighted by Crippen LogP contribution is 2.65. The van der Waals surface area contributed by atoms with Crippen LogP contribution in [-0.2, 0) is 29.2 Å². The Labute approximate surface area is 293 Å². The molecule has 13 nitrogen and oxygen atoms in total. The minimum Gasteiger partial charge on any atom is -0.346 e. The largest absolute Gasteiger partial charge is 0.346 e. The quantitative estimate of drug-likeness (QED) is 0.128. The van der Waals surface area contributed by atoms with E-state index in [1.54, 1.807) is 11.4 Å². The minimum absolute atomic E-state index is 0.0526. The number of sulfonamides is 1. The van der Waals surface area contributed by atoms with Gasteiger partial charge in [-0.05, 0) is 52.4 Å². The van der Waals surface area contributed by atoms with E-state index in [4.69, 9.17) is 0 Å². The Morgan fingerprint density at radius 3 is 2.33 bits per heavy atom. The van der Waals surface area contributed by atoms with Crippen molar-refractivity contribution in [2.24, 2.45) is 34.5 Å². The van der Waals surface area contributed by atoms with Crippen molar-refractivity contribution in [1.29, 1.82) is 0 Å². The Bertz CT molecular complexity index is 1530. The number of fused-ring (bicyclic) bond motifs is 1. The number of nitrogens with one attached hydrogen (secondary N) is 5. The lowest BCUT2D eigenvalue weighted by Crippen LogP contribution is -2.62. The van der Waals surface area contributed by atoms with Crippen molar-refractivity contribution in [2.45, 2.75) is 96.1 Å². The van der Waals surface area contributed by atoms with Crippen LogP contribution in [0.15, 0.2) is 34.4 Å². The number of hydrogen-bond acceptors (Lipinski definition) is 8. The Balaban J connectivity index is 1.49. The van der Waals surface area contributed by atoms with E-state index in [-0.39, 0.29) is 46.4 Å². The SMILES string of the molecule is C=CCNC(=O)C(=O)C(CC1CC1)NC(=O)[C@@H]1[C@@H]2[C@H](CN1C(=O)[C@@H](NC(=O)N[C@H](CNS(=O)(=O)c1cccs1)C(C)C)C(C)(C)C)C2(C)C. The van der Waals surface area contributed by atoms with Crippen molar-refractivity contribution in [2.75, 3.05) is 19.6 Å². The first kappa shape index (κ1) is 38.5. The number of hydrogen-bond donors (Lipinski definition) is 5. The van der Waals surface area contributed by atoms with Crippen molar-refractivity contribution < 1.29 is 32.4 Å². The second kappa shape index (κ2) is 14.9. The molecule has 49 heavy (non-hydrogen) atoms. The standard InChI is InChI=1S/C34H52N6O7S2/c1-9-14-35-30(43)27(41)22(16-20-12-13-20)37-29(42)26-25-21(34(25,7)8)18-40(26)31(44)28(33(4,5)6)39-32(45)38-23(19(2)3)17-36-49(46,47)24-11-10-15-48-24/h9-11,15,19-23,25-26,28,36H,1,12-14,16-18H2,2-8H3,(H,35,43)(H,37,42)(H2,38,39,45)/t21-,22?,23+,25-,26-,28+/m0/s1. The summed E-state index contributed by atoms with van der Waals surface area (Å²) in [4.78, 5) is 69.0. The van der Waals surface area contributed by atoms with Crippen molar-refractivity contribution in [3.8, 4) is 0 Å². The van der Waals surface area contributed by atoms with Crippen molar-refractivity contribution in [3.05, 3.63) is 30.2 Å². The van der Waals surface area contributed by atoms with Crippen LogP contribution < -0.4 is 26.0 Å². The van der Waals surface area contributed by atoms with Crippen LogP contribution in [0, 0.1) is 34.5 Å². The number of likely N-dealkylation sites (tertiary alicyclic amines) is 1. The second-order valence-electron chi connectivity index (χ2n) is 15.5. The third-order valence-corrected chi connectivity index (χ3v) is 12.9. The molecule has 3 fully saturated rings. The van der Waals surface area contributed by atoms with Crippen LogP contribution in [-0.4, -0.2) is 86.7 Å². The maximum atomic E-state index is 14.3. The van der Waals surface area contributed by atoms with Gasteiger partial charge < -0.3 is 26.2 Å². The van der Waals surface area contributed by atoms with Crippen molar-refractivity contribution >= 4 is 50.9 Å². The average molecular weight is 721 g/mol. The van der Waals surface area contributed by atoms with E-state index < -0.39 is 69.1 Å². The molecule has 2 heterocycles. The van der Waals surface area contributed by atoms with Crippen molar-refractivity contribution in [1.82, 2.24) is 30.9 Å². The molecule has 0 aromatic carbocycles. The van der Waals surface area contributed by atoms with Gasteiger partial charge in [-0.1, -0.05) is 73.5 Å². The molecule has 0 radical (unpaired) electrons. The molecule has 4 rings (SSSR count). The summed E-state index contributed by atoms with van der Waals surface area (Å²) in [6, 6.07) is -1.03. The van der Waals surface area contributed by atoms with E-state index in [0.717, 1.165) is 24.2 Å². The number of nitrogens with zero attached hydrogens (tertiary/aromatic N) is 1. The molecular formula is C34H52N6O7S2. The first-order chi connectivity index (χ1) is 22.8. The smallest absolute Gasteiger partial charge is 0.315 e. The van der Waals surface area contributed by atoms with Crippen LogP contribution in [0.5, 0.6) is 0 Å². The van der Waals surface area contributed by atoms with Crippen LogP contribution in [0.2, 0.25) is 0 Å². The summed E-state index contributed by atoms with van der Waals surface area (Å²) in [6.07, 6.45) is 3.64. The van der Waals surface area contributed by atoms with E-state index in [9.17, 15) is 32.4 Å². The summed E-state index contributed by atoms with van der Waals surface area (Å²) >= 11 is 1.09. The van der Waals surface area contributed by atoms with Crippen LogP contribution >= 0.6 is 11.3 Å². The number of urea groups is 1. The molecule has 1 aliphatic heterocycles. The number of carbonyl (C=O) groups is 5. The van der Waals surface area contributed by atoms with Gasteiger partial charge in [0.25, 0.3) is 5.91 Å². The van der Waals surface area contributed by atoms with Gasteiger partial charge in [-0.25, -0.2) is 17.9 Å². The number of amides is 5. The van der Waals surface area contributed by atoms with Crippen LogP contribution in [0.3, 0.4) is 0 Å². The number of ketones is 1. The predicted molar refractivity (Wildman–Crippen MR) is 187 cm³/mol. The fourth-order valence-electron chi connectivity index (χ4n) is 6.70. The summed E-state index contributed by atoms with van der Waals surface area (Å²) in [7, 11) is -3.75. The molecule has 1 aromatic rings. The highest BCUT2D eigenvalue weighted by molar-refractivity contribution is 7.91. The number of piperidine rings is 1. The molecule has 2 aliphatic carbocycles. The van der Waals surface area contributed by atoms with Gasteiger partial charge in [-0.3, -0.25) is 19.2 Å². The molecule has 2 saturated carbocycles. The van der Waals surface area contributed by atoms with E-state index in [1.807, 2.05) is 48.5 Å². The van der Waals surface area contributed by atoms with Crippen molar-refractivity contribution in [3.63, 3.8) is 0 Å². The number of rotatable bonds is 16. The fraction of sp³-hybridized carbons (Fsp3) is 0.676. The third kappa shape index (κ3) is 9.09. The summed E-state index contributed by atoms with van der Waals surface area (Å²) in [5, 5.41) is 12.6. The zero-order valence-corrected chi connectivity index (χ0v) is 31.1. The maximum absolute atomic E-state index is 14.3. The highest BCUT2D eigenvalue weighted by Gasteiger charge is 2.70. The van der Waals surface area contributed by atoms with Crippen LogP contribution in [0.1, 0.15) is 67.7 Å². The summed E-state index contributed by atoms with van der Waals surface area (Å²) in [6.45, 7) is 17.2. The minimum atomic E-state index is -3.75. The van der Waals surface area contributed by atoms with Gasteiger partial charge in [0, 0.05) is 25.7 Å². The summed E-state index contributed by atoms with van der Waals surface area (Å²) in [5.74, 6) is -2.45. The molecule has 15 heteroatoms. The van der Waals surface area contributed by atoms with E-state index in [0.29, 0.717) is 13.0 Å². The average Bonchev–Trinajstić information content (AvgIpc) is 3.70. The zero-order valence-electron chi connectivity index (χ0n) is 29.5. The van der Waals surface area contributed by atoms with E-state index in [1.165, 1.54) is 17.0 Å². The topological polar surface area (TPSA) is 183 Å². The van der Waals surface area contributed by atoms with Gasteiger partial charge in [0.1, 0.15) is 16.3 Å². The highest BCUT2D eigenvalue weighted by atomic mass is 32.2. The molecule has 272 valence electrons. The lowest BCUT2D eigenvalue weighted by atomic mass is 9.85. The molecule has 5 N–H and O–H groups in total. The Morgan fingerprint density at radius 1 is 1.10 bits per heavy atom. The van der Waals surface area contributed by atoms with Crippen LogP contribution in [0.25, 0.3) is 0 Å². The van der Waals surface area contributed by atoms with Gasteiger partial charge in [0.05, 0.1) is 6.04 Å². The molecular weight excluding hydrogens is 669 g/mol. The number of Topliss-reactive ketones (excluding diaryl/α,β-unsaturated/α-hetero) is 1. The van der Waals surface area contributed by atoms with Gasteiger partial charge in [0.2, 0.25) is 27.6 Å². The zero-order chi connectivity index (χ0) is 36.5. The van der Waals surface area contributed by atoms with Gasteiger partial charge in [0.15, 0.2) is 0 Å². The number of thiophene rings is 1. The lowest BCUT2D eigenvalue weighted by molar-refractivity contribution is -0.145. The number of carbonyl (C=O) groups excluding carboxylic acids is 5. The summed E-state index contributed by atoms with van der Waals surface area (Å²) < 4.78 is 28.1. The molecule has 0 spiro atoms. The Kier molecular flexibility index (Phi) is 11.7.